The van der Waals surface area contributed by atoms with Gasteiger partial charge in [0.2, 0.25) is 0 Å². The number of hydrogen-bond acceptors (Lipinski definition) is 4. The van der Waals surface area contributed by atoms with E-state index in [0.29, 0.717) is 17.3 Å². The van der Waals surface area contributed by atoms with Crippen LogP contribution in [-0.2, 0) is 0 Å². The van der Waals surface area contributed by atoms with Crippen molar-refractivity contribution in [3.8, 4) is 16.9 Å². The van der Waals surface area contributed by atoms with Crippen molar-refractivity contribution in [2.75, 3.05) is 11.9 Å². The van der Waals surface area contributed by atoms with Crippen LogP contribution < -0.4 is 10.1 Å². The van der Waals surface area contributed by atoms with Crippen molar-refractivity contribution < 1.29 is 9.53 Å². The first-order valence-corrected chi connectivity index (χ1v) is 10.0. The van der Waals surface area contributed by atoms with Crippen LogP contribution in [0.25, 0.3) is 21.3 Å². The van der Waals surface area contributed by atoms with Gasteiger partial charge in [-0.05, 0) is 47.9 Å². The number of hydrogen-bond donors (Lipinski definition) is 1. The van der Waals surface area contributed by atoms with Crippen LogP contribution in [0.5, 0.6) is 5.75 Å². The number of anilines is 1. The predicted molar refractivity (Wildman–Crippen MR) is 115 cm³/mol. The molecule has 1 N–H and O–H groups in total. The molecule has 140 valence electrons. The Morgan fingerprint density at radius 2 is 1.75 bits per heavy atom. The highest BCUT2D eigenvalue weighted by molar-refractivity contribution is 7.22. The van der Waals surface area contributed by atoms with Crippen LogP contribution in [-0.4, -0.2) is 17.5 Å². The molecular weight excluding hydrogens is 368 g/mol. The first-order valence-electron chi connectivity index (χ1n) is 9.23. The molecule has 0 unspecified atom stereocenters. The molecule has 28 heavy (non-hydrogen) atoms. The van der Waals surface area contributed by atoms with Crippen molar-refractivity contribution in [3.05, 3.63) is 78.4 Å². The van der Waals surface area contributed by atoms with Crippen molar-refractivity contribution in [1.29, 1.82) is 0 Å². The molecule has 0 aliphatic rings. The van der Waals surface area contributed by atoms with Gasteiger partial charge in [-0.3, -0.25) is 10.1 Å². The number of fused-ring (bicyclic) bond motifs is 1. The fourth-order valence-corrected chi connectivity index (χ4v) is 3.77. The number of benzene rings is 3. The maximum Gasteiger partial charge on any atom is 0.257 e. The molecule has 0 radical (unpaired) electrons. The highest BCUT2D eigenvalue weighted by atomic mass is 32.1. The first-order chi connectivity index (χ1) is 13.7. The van der Waals surface area contributed by atoms with Gasteiger partial charge in [0.1, 0.15) is 5.75 Å². The van der Waals surface area contributed by atoms with E-state index < -0.39 is 0 Å². The van der Waals surface area contributed by atoms with Crippen molar-refractivity contribution in [2.24, 2.45) is 0 Å². The van der Waals surface area contributed by atoms with Gasteiger partial charge in [0, 0.05) is 5.56 Å². The van der Waals surface area contributed by atoms with Gasteiger partial charge in [-0.2, -0.15) is 0 Å². The summed E-state index contributed by atoms with van der Waals surface area (Å²) in [5.74, 6) is 0.661. The van der Waals surface area contributed by atoms with E-state index in [2.05, 4.69) is 29.4 Å². The molecule has 4 rings (SSSR count). The van der Waals surface area contributed by atoms with Crippen LogP contribution in [0.4, 0.5) is 5.13 Å². The Bertz CT molecular complexity index is 1090. The number of nitrogens with one attached hydrogen (secondary N) is 1. The third-order valence-electron chi connectivity index (χ3n) is 4.31. The fraction of sp³-hybridized carbons (Fsp3) is 0.130. The molecule has 5 heteroatoms. The van der Waals surface area contributed by atoms with Gasteiger partial charge in [-0.1, -0.05) is 60.7 Å². The minimum atomic E-state index is -0.166. The monoisotopic (exact) mass is 388 g/mol. The van der Waals surface area contributed by atoms with Gasteiger partial charge in [-0.15, -0.1) is 0 Å². The molecule has 0 saturated carbocycles. The first kappa shape index (κ1) is 18.2. The van der Waals surface area contributed by atoms with Crippen LogP contribution in [0.3, 0.4) is 0 Å². The zero-order chi connectivity index (χ0) is 19.3. The number of aromatic nitrogens is 1. The third kappa shape index (κ3) is 4.05. The summed E-state index contributed by atoms with van der Waals surface area (Å²) in [5.41, 5.74) is 3.66. The summed E-state index contributed by atoms with van der Waals surface area (Å²) < 4.78 is 6.65. The van der Waals surface area contributed by atoms with Crippen LogP contribution in [0.15, 0.2) is 72.8 Å². The molecule has 0 atom stereocenters. The lowest BCUT2D eigenvalue weighted by Crippen LogP contribution is -2.11. The molecule has 1 amide bonds. The SMILES string of the molecule is CCCOc1ccc2nc(NC(=O)c3ccc(-c4ccccc4)cc3)sc2c1. The minimum absolute atomic E-state index is 0.166. The standard InChI is InChI=1S/C23H20N2O2S/c1-2-14-27-19-12-13-20-21(15-19)28-23(24-20)25-22(26)18-10-8-17(9-11-18)16-6-4-3-5-7-16/h3-13,15H,2,14H2,1H3,(H,24,25,26). The molecule has 0 spiro atoms. The molecule has 1 heterocycles. The molecule has 4 aromatic rings. The summed E-state index contributed by atoms with van der Waals surface area (Å²) in [7, 11) is 0. The summed E-state index contributed by atoms with van der Waals surface area (Å²) in [4.78, 5) is 17.1. The summed E-state index contributed by atoms with van der Waals surface area (Å²) in [6, 6.07) is 23.5. The number of thiazole rings is 1. The maximum absolute atomic E-state index is 12.6. The highest BCUT2D eigenvalue weighted by Crippen LogP contribution is 2.29. The normalized spacial score (nSPS) is 10.8. The Morgan fingerprint density at radius 1 is 1.00 bits per heavy atom. The average Bonchev–Trinajstić information content (AvgIpc) is 3.14. The van der Waals surface area contributed by atoms with Crippen LogP contribution in [0.2, 0.25) is 0 Å². The fourth-order valence-electron chi connectivity index (χ4n) is 2.88. The van der Waals surface area contributed by atoms with E-state index in [4.69, 9.17) is 4.74 Å². The zero-order valence-corrected chi connectivity index (χ0v) is 16.3. The highest BCUT2D eigenvalue weighted by Gasteiger charge is 2.11. The molecule has 0 fully saturated rings. The number of amides is 1. The Balaban J connectivity index is 1.48. The summed E-state index contributed by atoms with van der Waals surface area (Å²) >= 11 is 1.44. The van der Waals surface area contributed by atoms with Crippen LogP contribution >= 0.6 is 11.3 Å². The second kappa shape index (κ2) is 8.23. The smallest absolute Gasteiger partial charge is 0.257 e. The summed E-state index contributed by atoms with van der Waals surface area (Å²) in [6.45, 7) is 2.76. The van der Waals surface area contributed by atoms with Gasteiger partial charge in [0.25, 0.3) is 5.91 Å². The summed E-state index contributed by atoms with van der Waals surface area (Å²) in [6.07, 6.45) is 0.963. The summed E-state index contributed by atoms with van der Waals surface area (Å²) in [5, 5.41) is 3.48. The second-order valence-electron chi connectivity index (χ2n) is 6.39. The predicted octanol–water partition coefficient (Wildman–Crippen LogP) is 6.00. The minimum Gasteiger partial charge on any atom is -0.494 e. The van der Waals surface area contributed by atoms with Gasteiger partial charge in [0.05, 0.1) is 16.8 Å². The van der Waals surface area contributed by atoms with Gasteiger partial charge >= 0.3 is 0 Å². The lowest BCUT2D eigenvalue weighted by atomic mass is 10.0. The topological polar surface area (TPSA) is 51.2 Å². The lowest BCUT2D eigenvalue weighted by Gasteiger charge is -2.04. The van der Waals surface area contributed by atoms with E-state index in [1.54, 1.807) is 0 Å². The van der Waals surface area contributed by atoms with E-state index >= 15 is 0 Å². The lowest BCUT2D eigenvalue weighted by molar-refractivity contribution is 0.102. The molecule has 3 aromatic carbocycles. The van der Waals surface area contributed by atoms with Gasteiger partial charge in [-0.25, -0.2) is 4.98 Å². The number of ether oxygens (including phenoxy) is 1. The number of carbonyl (C=O) groups is 1. The molecule has 0 bridgehead atoms. The van der Waals surface area contributed by atoms with Crippen LogP contribution in [0.1, 0.15) is 23.7 Å². The Kier molecular flexibility index (Phi) is 5.35. The van der Waals surface area contributed by atoms with E-state index in [1.165, 1.54) is 11.3 Å². The molecule has 1 aromatic heterocycles. The van der Waals surface area contributed by atoms with E-state index in [9.17, 15) is 4.79 Å². The second-order valence-corrected chi connectivity index (χ2v) is 7.43. The average molecular weight is 388 g/mol. The quantitative estimate of drug-likeness (QED) is 0.440. The Labute approximate surface area is 167 Å². The van der Waals surface area contributed by atoms with E-state index in [0.717, 1.165) is 33.5 Å². The molecule has 0 aliphatic carbocycles. The molecule has 4 nitrogen and oxygen atoms in total. The Hall–Kier alpha value is -3.18. The number of rotatable bonds is 6. The van der Waals surface area contributed by atoms with Crippen molar-refractivity contribution in [1.82, 2.24) is 4.98 Å². The van der Waals surface area contributed by atoms with E-state index in [1.807, 2.05) is 60.7 Å². The third-order valence-corrected chi connectivity index (χ3v) is 5.24. The molecule has 0 aliphatic heterocycles. The largest absolute Gasteiger partial charge is 0.494 e. The van der Waals surface area contributed by atoms with Crippen molar-refractivity contribution in [2.45, 2.75) is 13.3 Å². The number of nitrogens with zero attached hydrogens (tertiary/aromatic N) is 1. The number of carbonyl (C=O) groups excluding carboxylic acids is 1. The van der Waals surface area contributed by atoms with Crippen molar-refractivity contribution >= 4 is 32.6 Å². The zero-order valence-electron chi connectivity index (χ0n) is 15.5. The van der Waals surface area contributed by atoms with Crippen molar-refractivity contribution in [3.63, 3.8) is 0 Å². The van der Waals surface area contributed by atoms with Gasteiger partial charge < -0.3 is 4.74 Å². The Morgan fingerprint density at radius 3 is 2.50 bits per heavy atom. The van der Waals surface area contributed by atoms with E-state index in [-0.39, 0.29) is 5.91 Å². The van der Waals surface area contributed by atoms with Gasteiger partial charge in [0.15, 0.2) is 5.13 Å². The van der Waals surface area contributed by atoms with Crippen LogP contribution in [0, 0.1) is 0 Å². The molecular formula is C23H20N2O2S. The molecule has 0 saturated heterocycles. The maximum atomic E-state index is 12.6.